The molecular formula is C19H17F2N3O2S. The lowest BCUT2D eigenvalue weighted by molar-refractivity contribution is -0.128. The molecule has 0 aliphatic rings. The Hall–Kier alpha value is -2.74. The van der Waals surface area contributed by atoms with Crippen LogP contribution in [0.3, 0.4) is 0 Å². The van der Waals surface area contributed by atoms with Gasteiger partial charge < -0.3 is 9.32 Å². The number of carbonyl (C=O) groups is 1. The van der Waals surface area contributed by atoms with Crippen LogP contribution < -0.4 is 0 Å². The summed E-state index contributed by atoms with van der Waals surface area (Å²) in [5.74, 6) is -1.58. The Morgan fingerprint density at radius 2 is 1.89 bits per heavy atom. The minimum Gasteiger partial charge on any atom is -0.411 e. The fourth-order valence-electron chi connectivity index (χ4n) is 2.40. The van der Waals surface area contributed by atoms with Crippen molar-refractivity contribution in [3.05, 3.63) is 65.7 Å². The van der Waals surface area contributed by atoms with E-state index in [1.165, 1.54) is 11.0 Å². The molecule has 3 aromatic rings. The van der Waals surface area contributed by atoms with E-state index in [1.54, 1.807) is 14.0 Å². The summed E-state index contributed by atoms with van der Waals surface area (Å²) in [5, 5.41) is 8.19. The van der Waals surface area contributed by atoms with Crippen LogP contribution in [0.5, 0.6) is 0 Å². The van der Waals surface area contributed by atoms with Gasteiger partial charge in [-0.2, -0.15) is 0 Å². The lowest BCUT2D eigenvalue weighted by atomic mass is 10.1. The molecule has 0 saturated carbocycles. The molecule has 0 fully saturated rings. The van der Waals surface area contributed by atoms with Crippen molar-refractivity contribution in [3.8, 4) is 11.5 Å². The Morgan fingerprint density at radius 3 is 2.59 bits per heavy atom. The Kier molecular flexibility index (Phi) is 5.85. The van der Waals surface area contributed by atoms with Crippen LogP contribution in [-0.4, -0.2) is 33.8 Å². The summed E-state index contributed by atoms with van der Waals surface area (Å²) in [6.45, 7) is 1.75. The number of nitrogens with zero attached hydrogens (tertiary/aromatic N) is 3. The van der Waals surface area contributed by atoms with Crippen molar-refractivity contribution in [2.75, 3.05) is 12.8 Å². The van der Waals surface area contributed by atoms with Crippen molar-refractivity contribution in [1.29, 1.82) is 0 Å². The molecule has 0 aliphatic heterocycles. The van der Waals surface area contributed by atoms with E-state index in [4.69, 9.17) is 4.42 Å². The van der Waals surface area contributed by atoms with Crippen LogP contribution in [0.4, 0.5) is 8.78 Å². The van der Waals surface area contributed by atoms with Gasteiger partial charge in [0.25, 0.3) is 5.22 Å². The monoisotopic (exact) mass is 389 g/mol. The molecule has 140 valence electrons. The second-order valence-electron chi connectivity index (χ2n) is 5.88. The SMILES string of the molecule is CC(c1ccc(F)c(F)c1)N(C)C(=O)CSc1nnc(-c2ccccc2)o1. The summed E-state index contributed by atoms with van der Waals surface area (Å²) in [7, 11) is 1.61. The van der Waals surface area contributed by atoms with Gasteiger partial charge in [0.1, 0.15) is 0 Å². The molecule has 0 saturated heterocycles. The molecule has 1 aromatic heterocycles. The Morgan fingerprint density at radius 1 is 1.15 bits per heavy atom. The maximum absolute atomic E-state index is 13.4. The molecule has 0 aliphatic carbocycles. The molecule has 1 unspecified atom stereocenters. The van der Waals surface area contributed by atoms with Gasteiger partial charge in [0.15, 0.2) is 11.6 Å². The Labute approximate surface area is 159 Å². The molecule has 2 aromatic carbocycles. The van der Waals surface area contributed by atoms with E-state index >= 15 is 0 Å². The van der Waals surface area contributed by atoms with Crippen LogP contribution in [0.2, 0.25) is 0 Å². The van der Waals surface area contributed by atoms with Gasteiger partial charge in [-0.25, -0.2) is 8.78 Å². The van der Waals surface area contributed by atoms with Crippen molar-refractivity contribution >= 4 is 17.7 Å². The summed E-state index contributed by atoms with van der Waals surface area (Å²) in [6.07, 6.45) is 0. The van der Waals surface area contributed by atoms with Crippen molar-refractivity contribution in [2.45, 2.75) is 18.2 Å². The molecule has 27 heavy (non-hydrogen) atoms. The van der Waals surface area contributed by atoms with Crippen LogP contribution in [0.25, 0.3) is 11.5 Å². The zero-order valence-corrected chi connectivity index (χ0v) is 15.5. The van der Waals surface area contributed by atoms with Gasteiger partial charge in [0.2, 0.25) is 11.8 Å². The minimum atomic E-state index is -0.936. The van der Waals surface area contributed by atoms with Crippen LogP contribution in [0.1, 0.15) is 18.5 Å². The lowest BCUT2D eigenvalue weighted by Crippen LogP contribution is -2.31. The number of benzene rings is 2. The highest BCUT2D eigenvalue weighted by molar-refractivity contribution is 7.99. The van der Waals surface area contributed by atoms with Gasteiger partial charge in [0.05, 0.1) is 11.8 Å². The zero-order chi connectivity index (χ0) is 19.4. The number of hydrogen-bond donors (Lipinski definition) is 0. The first-order valence-corrected chi connectivity index (χ1v) is 9.16. The van der Waals surface area contributed by atoms with Crippen molar-refractivity contribution < 1.29 is 18.0 Å². The third-order valence-corrected chi connectivity index (χ3v) is 4.95. The number of thioether (sulfide) groups is 1. The summed E-state index contributed by atoms with van der Waals surface area (Å²) in [5.41, 5.74) is 1.31. The van der Waals surface area contributed by atoms with Crippen molar-refractivity contribution in [1.82, 2.24) is 15.1 Å². The summed E-state index contributed by atoms with van der Waals surface area (Å²) < 4.78 is 32.0. The van der Waals surface area contributed by atoms with E-state index in [1.807, 2.05) is 30.3 Å². The predicted molar refractivity (Wildman–Crippen MR) is 98.0 cm³/mol. The lowest BCUT2D eigenvalue weighted by Gasteiger charge is -2.25. The van der Waals surface area contributed by atoms with Gasteiger partial charge in [-0.3, -0.25) is 4.79 Å². The van der Waals surface area contributed by atoms with Gasteiger partial charge in [-0.15, -0.1) is 10.2 Å². The van der Waals surface area contributed by atoms with Gasteiger partial charge >= 0.3 is 0 Å². The highest BCUT2D eigenvalue weighted by Crippen LogP contribution is 2.25. The average Bonchev–Trinajstić information content (AvgIpc) is 3.17. The topological polar surface area (TPSA) is 59.2 Å². The molecule has 8 heteroatoms. The van der Waals surface area contributed by atoms with E-state index in [0.29, 0.717) is 11.5 Å². The van der Waals surface area contributed by atoms with Gasteiger partial charge in [-0.1, -0.05) is 36.0 Å². The minimum absolute atomic E-state index is 0.0843. The maximum atomic E-state index is 13.4. The van der Waals surface area contributed by atoms with E-state index in [-0.39, 0.29) is 16.9 Å². The highest BCUT2D eigenvalue weighted by atomic mass is 32.2. The number of carbonyl (C=O) groups excluding carboxylic acids is 1. The molecule has 0 spiro atoms. The van der Waals surface area contributed by atoms with E-state index < -0.39 is 17.7 Å². The smallest absolute Gasteiger partial charge is 0.277 e. The first-order valence-electron chi connectivity index (χ1n) is 8.18. The van der Waals surface area contributed by atoms with Crippen molar-refractivity contribution in [3.63, 3.8) is 0 Å². The second-order valence-corrected chi connectivity index (χ2v) is 6.81. The standard InChI is InChI=1S/C19H17F2N3O2S/c1-12(14-8-9-15(20)16(21)10-14)24(2)17(25)11-27-19-23-22-18(26-19)13-6-4-3-5-7-13/h3-10,12H,11H2,1-2H3. The molecule has 0 bridgehead atoms. The quantitative estimate of drug-likeness (QED) is 0.588. The van der Waals surface area contributed by atoms with Gasteiger partial charge in [-0.05, 0) is 36.8 Å². The predicted octanol–water partition coefficient (Wildman–Crippen LogP) is 4.33. The van der Waals surface area contributed by atoms with Crippen molar-refractivity contribution in [2.24, 2.45) is 0 Å². The Bertz CT molecular complexity index is 934. The van der Waals surface area contributed by atoms with Crippen LogP contribution in [0, 0.1) is 11.6 Å². The molecular weight excluding hydrogens is 372 g/mol. The maximum Gasteiger partial charge on any atom is 0.277 e. The number of aromatic nitrogens is 2. The van der Waals surface area contributed by atoms with Crippen LogP contribution in [0.15, 0.2) is 58.2 Å². The molecule has 1 atom stereocenters. The van der Waals surface area contributed by atoms with Crippen LogP contribution in [-0.2, 0) is 4.79 Å². The Balaban J connectivity index is 1.60. The first-order chi connectivity index (χ1) is 13.0. The van der Waals surface area contributed by atoms with E-state index in [2.05, 4.69) is 10.2 Å². The molecule has 0 radical (unpaired) electrons. The highest BCUT2D eigenvalue weighted by Gasteiger charge is 2.20. The van der Waals surface area contributed by atoms with E-state index in [9.17, 15) is 13.6 Å². The first kappa shape index (κ1) is 19.0. The number of rotatable bonds is 6. The third-order valence-electron chi connectivity index (χ3n) is 4.15. The third kappa shape index (κ3) is 4.51. The fraction of sp³-hybridized carbons (Fsp3) is 0.211. The molecule has 1 amide bonds. The summed E-state index contributed by atoms with van der Waals surface area (Å²) >= 11 is 1.12. The number of amides is 1. The molecule has 3 rings (SSSR count). The van der Waals surface area contributed by atoms with Crippen LogP contribution >= 0.6 is 11.8 Å². The second kappa shape index (κ2) is 8.30. The fourth-order valence-corrected chi connectivity index (χ4v) is 3.09. The molecule has 1 heterocycles. The molecule has 0 N–H and O–H groups in total. The largest absolute Gasteiger partial charge is 0.411 e. The normalized spacial score (nSPS) is 12.0. The molecule has 5 nitrogen and oxygen atoms in total. The number of halogens is 2. The summed E-state index contributed by atoms with van der Waals surface area (Å²) in [6, 6.07) is 12.5. The zero-order valence-electron chi connectivity index (χ0n) is 14.7. The van der Waals surface area contributed by atoms with E-state index in [0.717, 1.165) is 29.5 Å². The number of hydrogen-bond acceptors (Lipinski definition) is 5. The van der Waals surface area contributed by atoms with Gasteiger partial charge in [0, 0.05) is 12.6 Å². The average molecular weight is 389 g/mol. The summed E-state index contributed by atoms with van der Waals surface area (Å²) in [4.78, 5) is 13.9.